The predicted octanol–water partition coefficient (Wildman–Crippen LogP) is 3.32. The van der Waals surface area contributed by atoms with Crippen LogP contribution in [0.3, 0.4) is 0 Å². The van der Waals surface area contributed by atoms with Gasteiger partial charge in [0.2, 0.25) is 10.0 Å². The Hall–Kier alpha value is -0.400. The van der Waals surface area contributed by atoms with Crippen LogP contribution in [-0.4, -0.2) is 30.8 Å². The van der Waals surface area contributed by atoms with Gasteiger partial charge in [-0.25, -0.2) is 8.42 Å². The Bertz CT molecular complexity index is 598. The van der Waals surface area contributed by atoms with Crippen molar-refractivity contribution >= 4 is 50.4 Å². The van der Waals surface area contributed by atoms with Crippen LogP contribution >= 0.6 is 35.4 Å². The molecule has 0 amide bonds. The minimum absolute atomic E-state index is 0.0728. The lowest BCUT2D eigenvalue weighted by molar-refractivity contribution is 0.374. The van der Waals surface area contributed by atoms with Crippen LogP contribution in [0.2, 0.25) is 10.0 Å². The second-order valence-corrected chi connectivity index (χ2v) is 8.41. The van der Waals surface area contributed by atoms with E-state index in [-0.39, 0.29) is 32.4 Å². The summed E-state index contributed by atoms with van der Waals surface area (Å²) in [6.45, 7) is 4.48. The number of nitrogens with zero attached hydrogens (tertiary/aromatic N) is 1. The average Bonchev–Trinajstić information content (AvgIpc) is 2.32. The number of hydrogen-bond donors (Lipinski definition) is 1. The maximum atomic E-state index is 12.7. The fraction of sp³-hybridized carbons (Fsp3) is 0.462. The van der Waals surface area contributed by atoms with Crippen molar-refractivity contribution in [1.29, 1.82) is 0 Å². The topological polar surface area (TPSA) is 63.4 Å². The van der Waals surface area contributed by atoms with Crippen LogP contribution in [0.4, 0.5) is 0 Å². The van der Waals surface area contributed by atoms with Crippen molar-refractivity contribution in [1.82, 2.24) is 4.31 Å². The SMILES string of the molecule is CC(C)CN(CCC(N)=S)S(=O)(=O)c1cc(Cl)cc(Cl)c1. The van der Waals surface area contributed by atoms with Gasteiger partial charge in [-0.2, -0.15) is 4.31 Å². The fourth-order valence-electron chi connectivity index (χ4n) is 1.78. The highest BCUT2D eigenvalue weighted by Crippen LogP contribution is 2.25. The highest BCUT2D eigenvalue weighted by Gasteiger charge is 2.25. The molecule has 0 fully saturated rings. The third-order valence-electron chi connectivity index (χ3n) is 2.65. The molecule has 1 aromatic rings. The van der Waals surface area contributed by atoms with Crippen LogP contribution < -0.4 is 5.73 Å². The molecule has 0 bridgehead atoms. The Kier molecular flexibility index (Phi) is 6.87. The largest absolute Gasteiger partial charge is 0.393 e. The first-order valence-corrected chi connectivity index (χ1v) is 8.98. The van der Waals surface area contributed by atoms with E-state index in [9.17, 15) is 8.42 Å². The summed E-state index contributed by atoms with van der Waals surface area (Å²) >= 11 is 16.6. The maximum absolute atomic E-state index is 12.7. The molecule has 0 saturated carbocycles. The van der Waals surface area contributed by atoms with Crippen LogP contribution in [0.1, 0.15) is 20.3 Å². The van der Waals surface area contributed by atoms with E-state index in [4.69, 9.17) is 41.2 Å². The summed E-state index contributed by atoms with van der Waals surface area (Å²) in [5.41, 5.74) is 5.47. The van der Waals surface area contributed by atoms with Crippen LogP contribution in [0, 0.1) is 5.92 Å². The molecule has 0 spiro atoms. The van der Waals surface area contributed by atoms with Gasteiger partial charge in [0.25, 0.3) is 0 Å². The van der Waals surface area contributed by atoms with Crippen molar-refractivity contribution in [2.45, 2.75) is 25.2 Å². The van der Waals surface area contributed by atoms with E-state index in [2.05, 4.69) is 0 Å². The van der Waals surface area contributed by atoms with Gasteiger partial charge in [-0.1, -0.05) is 49.3 Å². The molecule has 0 aliphatic carbocycles. The van der Waals surface area contributed by atoms with Gasteiger partial charge in [0.05, 0.1) is 9.88 Å². The Balaban J connectivity index is 3.15. The standard InChI is InChI=1S/C13H18Cl2N2O2S2/c1-9(2)8-17(4-3-13(16)20)21(18,19)12-6-10(14)5-11(15)7-12/h5-7,9H,3-4,8H2,1-2H3,(H2,16,20). The molecule has 0 atom stereocenters. The predicted molar refractivity (Wildman–Crippen MR) is 91.5 cm³/mol. The molecule has 21 heavy (non-hydrogen) atoms. The number of benzene rings is 1. The number of hydrogen-bond acceptors (Lipinski definition) is 3. The highest BCUT2D eigenvalue weighted by atomic mass is 35.5. The summed E-state index contributed by atoms with van der Waals surface area (Å²) in [6, 6.07) is 4.26. The van der Waals surface area contributed by atoms with Crippen molar-refractivity contribution in [3.05, 3.63) is 28.2 Å². The van der Waals surface area contributed by atoms with Gasteiger partial charge >= 0.3 is 0 Å². The van der Waals surface area contributed by atoms with Gasteiger partial charge in [0.15, 0.2) is 0 Å². The monoisotopic (exact) mass is 368 g/mol. The Morgan fingerprint density at radius 1 is 1.29 bits per heavy atom. The van der Waals surface area contributed by atoms with Gasteiger partial charge in [0, 0.05) is 29.6 Å². The first kappa shape index (κ1) is 18.6. The number of nitrogens with two attached hydrogens (primary N) is 1. The molecule has 0 heterocycles. The lowest BCUT2D eigenvalue weighted by atomic mass is 10.2. The minimum atomic E-state index is -3.69. The normalized spacial score (nSPS) is 12.1. The molecule has 0 aliphatic heterocycles. The molecule has 4 nitrogen and oxygen atoms in total. The number of thiocarbonyl (C=S) groups is 1. The summed E-state index contributed by atoms with van der Waals surface area (Å²) in [4.78, 5) is 0.353. The molecule has 8 heteroatoms. The highest BCUT2D eigenvalue weighted by molar-refractivity contribution is 7.89. The van der Waals surface area contributed by atoms with Crippen molar-refractivity contribution in [2.75, 3.05) is 13.1 Å². The number of sulfonamides is 1. The third kappa shape index (κ3) is 5.71. The van der Waals surface area contributed by atoms with E-state index in [1.165, 1.54) is 22.5 Å². The van der Waals surface area contributed by atoms with Gasteiger partial charge in [-0.05, 0) is 24.1 Å². The Labute approximate surface area is 141 Å². The molecule has 0 radical (unpaired) electrons. The second kappa shape index (κ2) is 7.74. The van der Waals surface area contributed by atoms with E-state index >= 15 is 0 Å². The van der Waals surface area contributed by atoms with Gasteiger partial charge in [0.1, 0.15) is 0 Å². The number of rotatable bonds is 7. The zero-order valence-corrected chi connectivity index (χ0v) is 15.0. The number of halogens is 2. The maximum Gasteiger partial charge on any atom is 0.243 e. The zero-order valence-electron chi connectivity index (χ0n) is 11.8. The summed E-state index contributed by atoms with van der Waals surface area (Å²) in [5, 5.41) is 0.555. The molecule has 1 rings (SSSR count). The van der Waals surface area contributed by atoms with Crippen LogP contribution in [-0.2, 0) is 10.0 Å². The molecule has 0 saturated heterocycles. The van der Waals surface area contributed by atoms with Crippen molar-refractivity contribution < 1.29 is 8.42 Å². The van der Waals surface area contributed by atoms with Crippen molar-refractivity contribution in [2.24, 2.45) is 11.7 Å². The van der Waals surface area contributed by atoms with Crippen LogP contribution in [0.15, 0.2) is 23.1 Å². The van der Waals surface area contributed by atoms with Gasteiger partial charge in [-0.3, -0.25) is 0 Å². The van der Waals surface area contributed by atoms with Crippen LogP contribution in [0.5, 0.6) is 0 Å². The molecule has 0 aromatic heterocycles. The molecular weight excluding hydrogens is 351 g/mol. The van der Waals surface area contributed by atoms with Gasteiger partial charge < -0.3 is 5.73 Å². The zero-order chi connectivity index (χ0) is 16.2. The second-order valence-electron chi connectivity index (χ2n) is 5.08. The average molecular weight is 369 g/mol. The quantitative estimate of drug-likeness (QED) is 0.749. The molecule has 1 aromatic carbocycles. The first-order chi connectivity index (χ1) is 9.62. The molecule has 0 unspecified atom stereocenters. The summed E-state index contributed by atoms with van der Waals surface area (Å²) < 4.78 is 26.8. The van der Waals surface area contributed by atoms with Crippen LogP contribution in [0.25, 0.3) is 0 Å². The first-order valence-electron chi connectivity index (χ1n) is 6.37. The van der Waals surface area contributed by atoms with Crippen molar-refractivity contribution in [3.63, 3.8) is 0 Å². The lowest BCUT2D eigenvalue weighted by Crippen LogP contribution is -2.36. The fourth-order valence-corrected chi connectivity index (χ4v) is 4.20. The molecule has 0 aliphatic rings. The van der Waals surface area contributed by atoms with Gasteiger partial charge in [-0.15, -0.1) is 0 Å². The Morgan fingerprint density at radius 2 is 1.81 bits per heavy atom. The third-order valence-corrected chi connectivity index (χ3v) is 5.13. The lowest BCUT2D eigenvalue weighted by Gasteiger charge is -2.24. The van der Waals surface area contributed by atoms with E-state index in [0.29, 0.717) is 13.0 Å². The molecule has 2 N–H and O–H groups in total. The smallest absolute Gasteiger partial charge is 0.243 e. The Morgan fingerprint density at radius 3 is 2.24 bits per heavy atom. The summed E-state index contributed by atoms with van der Waals surface area (Å²) in [5.74, 6) is 0.167. The van der Waals surface area contributed by atoms with E-state index in [0.717, 1.165) is 0 Å². The van der Waals surface area contributed by atoms with E-state index in [1.54, 1.807) is 0 Å². The summed E-state index contributed by atoms with van der Waals surface area (Å²) in [7, 11) is -3.69. The molecule has 118 valence electrons. The minimum Gasteiger partial charge on any atom is -0.393 e. The van der Waals surface area contributed by atoms with Crippen molar-refractivity contribution in [3.8, 4) is 0 Å². The van der Waals surface area contributed by atoms with E-state index < -0.39 is 10.0 Å². The summed E-state index contributed by atoms with van der Waals surface area (Å²) in [6.07, 6.45) is 0.329. The molecular formula is C13H18Cl2N2O2S2. The van der Waals surface area contributed by atoms with E-state index in [1.807, 2.05) is 13.8 Å².